The van der Waals surface area contributed by atoms with Crippen molar-refractivity contribution in [1.29, 1.82) is 0 Å². The van der Waals surface area contributed by atoms with E-state index in [1.807, 2.05) is 29.6 Å². The Bertz CT molecular complexity index is 1210. The highest BCUT2D eigenvalue weighted by Crippen LogP contribution is 2.12. The van der Waals surface area contributed by atoms with Crippen molar-refractivity contribution in [2.75, 3.05) is 0 Å². The summed E-state index contributed by atoms with van der Waals surface area (Å²) in [5.41, 5.74) is 0.429. The van der Waals surface area contributed by atoms with E-state index >= 15 is 0 Å². The monoisotopic (exact) mass is 387 g/mol. The Labute approximate surface area is 154 Å². The fourth-order valence-electron chi connectivity index (χ4n) is 2.35. The molecule has 0 fully saturated rings. The predicted molar refractivity (Wildman–Crippen MR) is 101 cm³/mol. The molecule has 0 N–H and O–H groups in total. The van der Waals surface area contributed by atoms with Gasteiger partial charge in [0.1, 0.15) is 5.69 Å². The summed E-state index contributed by atoms with van der Waals surface area (Å²) in [4.78, 5) is 30.1. The first-order valence-electron chi connectivity index (χ1n) is 7.32. The molecule has 3 heterocycles. The molecule has 0 aliphatic rings. The summed E-state index contributed by atoms with van der Waals surface area (Å²) in [7, 11) is 0. The first-order chi connectivity index (χ1) is 12.1. The van der Waals surface area contributed by atoms with Gasteiger partial charge in [0.2, 0.25) is 4.96 Å². The predicted octanol–water partition coefficient (Wildman–Crippen LogP) is 2.36. The van der Waals surface area contributed by atoms with Crippen LogP contribution in [0, 0.1) is 0 Å². The molecule has 0 unspecified atom stereocenters. The molecule has 0 atom stereocenters. The number of hydrogen-bond donors (Lipinski definition) is 0. The summed E-state index contributed by atoms with van der Waals surface area (Å²) in [6, 6.07) is 11.0. The van der Waals surface area contributed by atoms with Gasteiger partial charge in [-0.3, -0.25) is 9.59 Å². The maximum Gasteiger partial charge on any atom is 0.296 e. The van der Waals surface area contributed by atoms with E-state index in [-0.39, 0.29) is 11.3 Å². The summed E-state index contributed by atoms with van der Waals surface area (Å²) in [5, 5.41) is 6.79. The van der Waals surface area contributed by atoms with Crippen LogP contribution < -0.4 is 15.7 Å². The molecule has 4 rings (SSSR count). The number of hydrogen-bond acceptors (Lipinski definition) is 6. The van der Waals surface area contributed by atoms with Crippen molar-refractivity contribution in [3.05, 3.63) is 88.2 Å². The fraction of sp³-hybridized carbons (Fsp3) is 0.0588. The summed E-state index contributed by atoms with van der Waals surface area (Å²) in [5.74, 6) is 0. The minimum atomic E-state index is -0.418. The molecule has 0 saturated heterocycles. The van der Waals surface area contributed by atoms with Crippen molar-refractivity contribution < 1.29 is 0 Å². The van der Waals surface area contributed by atoms with Crippen LogP contribution in [0.5, 0.6) is 0 Å². The SMILES string of the molecule is O=c1nc2s/c(=C\c3cccs3)c(=O)n2nc1Cc1ccc(Cl)cc1. The van der Waals surface area contributed by atoms with Crippen LogP contribution in [0.25, 0.3) is 11.0 Å². The molecular formula is C17H10ClN3O2S2. The van der Waals surface area contributed by atoms with Gasteiger partial charge in [-0.05, 0) is 35.2 Å². The van der Waals surface area contributed by atoms with E-state index in [0.717, 1.165) is 21.8 Å². The second-order valence-electron chi connectivity index (χ2n) is 5.29. The van der Waals surface area contributed by atoms with Crippen LogP contribution in [0.4, 0.5) is 0 Å². The second kappa shape index (κ2) is 6.51. The van der Waals surface area contributed by atoms with E-state index < -0.39 is 5.56 Å². The van der Waals surface area contributed by atoms with Gasteiger partial charge in [-0.25, -0.2) is 0 Å². The number of fused-ring (bicyclic) bond motifs is 1. The number of rotatable bonds is 3. The Hall–Kier alpha value is -2.35. The number of thiazole rings is 1. The molecule has 0 aliphatic carbocycles. The fourth-order valence-corrected chi connectivity index (χ4v) is 4.10. The van der Waals surface area contributed by atoms with Crippen LogP contribution in [0.1, 0.15) is 16.1 Å². The van der Waals surface area contributed by atoms with Gasteiger partial charge in [-0.2, -0.15) is 14.6 Å². The molecule has 0 amide bonds. The number of halogens is 1. The third kappa shape index (κ3) is 3.26. The average molecular weight is 388 g/mol. The topological polar surface area (TPSA) is 64.3 Å². The van der Waals surface area contributed by atoms with Crippen LogP contribution in [0.2, 0.25) is 5.02 Å². The van der Waals surface area contributed by atoms with Gasteiger partial charge >= 0.3 is 0 Å². The lowest BCUT2D eigenvalue weighted by Gasteiger charge is -2.00. The highest BCUT2D eigenvalue weighted by Gasteiger charge is 2.11. The van der Waals surface area contributed by atoms with E-state index in [9.17, 15) is 9.59 Å². The molecule has 5 nitrogen and oxygen atoms in total. The van der Waals surface area contributed by atoms with Crippen molar-refractivity contribution in [3.8, 4) is 0 Å². The largest absolute Gasteiger partial charge is 0.296 e. The Morgan fingerprint density at radius 1 is 1.16 bits per heavy atom. The number of aromatic nitrogens is 3. The molecule has 0 aliphatic heterocycles. The van der Waals surface area contributed by atoms with Gasteiger partial charge in [0, 0.05) is 16.3 Å². The van der Waals surface area contributed by atoms with Crippen LogP contribution in [0.3, 0.4) is 0 Å². The zero-order valence-electron chi connectivity index (χ0n) is 12.7. The van der Waals surface area contributed by atoms with E-state index in [4.69, 9.17) is 11.6 Å². The van der Waals surface area contributed by atoms with Crippen LogP contribution in [-0.2, 0) is 6.42 Å². The Morgan fingerprint density at radius 3 is 2.68 bits per heavy atom. The van der Waals surface area contributed by atoms with Crippen molar-refractivity contribution in [2.45, 2.75) is 6.42 Å². The summed E-state index contributed by atoms with van der Waals surface area (Å²) in [6.45, 7) is 0. The van der Waals surface area contributed by atoms with Gasteiger partial charge in [-0.15, -0.1) is 11.3 Å². The Kier molecular flexibility index (Phi) is 4.20. The highest BCUT2D eigenvalue weighted by molar-refractivity contribution is 7.15. The van der Waals surface area contributed by atoms with Crippen molar-refractivity contribution in [2.24, 2.45) is 0 Å². The third-order valence-electron chi connectivity index (χ3n) is 3.55. The number of thiophene rings is 1. The number of nitrogens with zero attached hydrogens (tertiary/aromatic N) is 3. The summed E-state index contributed by atoms with van der Waals surface area (Å²) in [6.07, 6.45) is 2.09. The lowest BCUT2D eigenvalue weighted by atomic mass is 10.1. The molecule has 3 aromatic heterocycles. The molecule has 4 aromatic rings. The highest BCUT2D eigenvalue weighted by atomic mass is 35.5. The second-order valence-corrected chi connectivity index (χ2v) is 7.72. The maximum absolute atomic E-state index is 12.5. The Balaban J connectivity index is 1.81. The smallest absolute Gasteiger partial charge is 0.266 e. The molecule has 25 heavy (non-hydrogen) atoms. The van der Waals surface area contributed by atoms with E-state index in [2.05, 4.69) is 10.1 Å². The molecule has 0 bridgehead atoms. The van der Waals surface area contributed by atoms with Gasteiger partial charge in [0.15, 0.2) is 0 Å². The minimum absolute atomic E-state index is 0.234. The van der Waals surface area contributed by atoms with Crippen LogP contribution >= 0.6 is 34.3 Å². The molecule has 124 valence electrons. The quantitative estimate of drug-likeness (QED) is 0.541. The first kappa shape index (κ1) is 16.1. The zero-order chi connectivity index (χ0) is 17.4. The van der Waals surface area contributed by atoms with E-state index in [1.54, 1.807) is 18.2 Å². The lowest BCUT2D eigenvalue weighted by molar-refractivity contribution is 0.811. The van der Waals surface area contributed by atoms with Crippen molar-refractivity contribution >= 4 is 45.3 Å². The van der Waals surface area contributed by atoms with Gasteiger partial charge in [0.25, 0.3) is 11.1 Å². The third-order valence-corrected chi connectivity index (χ3v) is 5.58. The lowest BCUT2D eigenvalue weighted by Crippen LogP contribution is -2.27. The van der Waals surface area contributed by atoms with Crippen molar-refractivity contribution in [3.63, 3.8) is 0 Å². The maximum atomic E-state index is 12.5. The normalized spacial score (nSPS) is 12.1. The molecule has 0 radical (unpaired) electrons. The molecule has 0 spiro atoms. The van der Waals surface area contributed by atoms with E-state index in [1.165, 1.54) is 15.9 Å². The summed E-state index contributed by atoms with van der Waals surface area (Å²) >= 11 is 8.57. The minimum Gasteiger partial charge on any atom is -0.266 e. The van der Waals surface area contributed by atoms with Gasteiger partial charge < -0.3 is 0 Å². The molecule has 0 saturated carbocycles. The molecular weight excluding hydrogens is 378 g/mol. The summed E-state index contributed by atoms with van der Waals surface area (Å²) < 4.78 is 1.71. The van der Waals surface area contributed by atoms with Gasteiger partial charge in [0.05, 0.1) is 4.53 Å². The van der Waals surface area contributed by atoms with Crippen molar-refractivity contribution in [1.82, 2.24) is 14.6 Å². The zero-order valence-corrected chi connectivity index (χ0v) is 15.1. The Morgan fingerprint density at radius 2 is 1.96 bits per heavy atom. The van der Waals surface area contributed by atoms with Crippen LogP contribution in [-0.4, -0.2) is 14.6 Å². The molecule has 8 heteroatoms. The van der Waals surface area contributed by atoms with Crippen LogP contribution in [0.15, 0.2) is 51.4 Å². The van der Waals surface area contributed by atoms with Gasteiger partial charge in [-0.1, -0.05) is 41.1 Å². The number of benzene rings is 1. The molecule has 1 aromatic carbocycles. The first-order valence-corrected chi connectivity index (χ1v) is 9.40. The average Bonchev–Trinajstić information content (AvgIpc) is 3.20. The van der Waals surface area contributed by atoms with E-state index in [0.29, 0.717) is 20.9 Å². The standard InChI is InChI=1S/C17H10ClN3O2S2/c18-11-5-3-10(4-6-11)8-13-15(22)19-17-21(20-13)16(23)14(25-17)9-12-2-1-7-24-12/h1-7,9H,8H2/b14-9-.